The SMILES string of the molecule is O=[N+]([O-])c1ccc(OCCN2CCN(c3nsc4ccccc34)CC2)cc1. The maximum atomic E-state index is 10.7. The van der Waals surface area contributed by atoms with Gasteiger partial charge in [0.1, 0.15) is 18.2 Å². The molecule has 1 aromatic heterocycles. The fourth-order valence-electron chi connectivity index (χ4n) is 3.24. The van der Waals surface area contributed by atoms with Gasteiger partial charge in [0.15, 0.2) is 0 Å². The van der Waals surface area contributed by atoms with Crippen molar-refractivity contribution in [2.75, 3.05) is 44.2 Å². The van der Waals surface area contributed by atoms with Crippen molar-refractivity contribution >= 4 is 33.1 Å². The number of nitro benzene ring substituents is 1. The van der Waals surface area contributed by atoms with Crippen LogP contribution in [0.1, 0.15) is 0 Å². The predicted molar refractivity (Wildman–Crippen MR) is 107 cm³/mol. The lowest BCUT2D eigenvalue weighted by atomic mass is 10.2. The second-order valence-corrected chi connectivity index (χ2v) is 7.24. The van der Waals surface area contributed by atoms with Crippen LogP contribution >= 0.6 is 11.5 Å². The molecule has 1 saturated heterocycles. The van der Waals surface area contributed by atoms with E-state index in [9.17, 15) is 10.1 Å². The number of non-ortho nitro benzene ring substituents is 1. The molecule has 0 N–H and O–H groups in total. The average Bonchev–Trinajstić information content (AvgIpc) is 3.13. The minimum atomic E-state index is -0.408. The minimum absolute atomic E-state index is 0.0769. The molecule has 1 aliphatic rings. The van der Waals surface area contributed by atoms with Gasteiger partial charge in [-0.2, -0.15) is 4.37 Å². The van der Waals surface area contributed by atoms with Gasteiger partial charge < -0.3 is 9.64 Å². The van der Waals surface area contributed by atoms with Gasteiger partial charge in [-0.05, 0) is 35.8 Å². The first-order chi connectivity index (χ1) is 13.2. The van der Waals surface area contributed by atoms with Gasteiger partial charge in [0.2, 0.25) is 0 Å². The normalized spacial score (nSPS) is 15.2. The van der Waals surface area contributed by atoms with Gasteiger partial charge in [-0.25, -0.2) is 0 Å². The van der Waals surface area contributed by atoms with E-state index in [1.165, 1.54) is 22.2 Å². The summed E-state index contributed by atoms with van der Waals surface area (Å²) < 4.78 is 11.6. The molecule has 7 nitrogen and oxygen atoms in total. The predicted octanol–water partition coefficient (Wildman–Crippen LogP) is 3.41. The monoisotopic (exact) mass is 384 g/mol. The number of aromatic nitrogens is 1. The lowest BCUT2D eigenvalue weighted by Crippen LogP contribution is -2.47. The third-order valence-corrected chi connectivity index (χ3v) is 5.57. The zero-order chi connectivity index (χ0) is 18.6. The molecule has 1 aliphatic heterocycles. The molecular formula is C19H20N4O3S. The van der Waals surface area contributed by atoms with Crippen molar-refractivity contribution in [3.63, 3.8) is 0 Å². The van der Waals surface area contributed by atoms with Crippen molar-refractivity contribution < 1.29 is 9.66 Å². The fourth-order valence-corrected chi connectivity index (χ4v) is 4.04. The molecule has 2 heterocycles. The van der Waals surface area contributed by atoms with E-state index in [4.69, 9.17) is 4.74 Å². The molecule has 0 aliphatic carbocycles. The van der Waals surface area contributed by atoms with Gasteiger partial charge in [0.25, 0.3) is 5.69 Å². The maximum absolute atomic E-state index is 10.7. The van der Waals surface area contributed by atoms with Gasteiger partial charge in [-0.1, -0.05) is 12.1 Å². The lowest BCUT2D eigenvalue weighted by Gasteiger charge is -2.34. The first-order valence-corrected chi connectivity index (χ1v) is 9.67. The molecule has 1 fully saturated rings. The summed E-state index contributed by atoms with van der Waals surface area (Å²) in [6.45, 7) is 5.24. The maximum Gasteiger partial charge on any atom is 0.269 e. The molecule has 4 rings (SSSR count). The third kappa shape index (κ3) is 4.01. The number of rotatable bonds is 6. The van der Waals surface area contributed by atoms with Crippen LogP contribution in [0.3, 0.4) is 0 Å². The van der Waals surface area contributed by atoms with Crippen molar-refractivity contribution in [1.29, 1.82) is 0 Å². The Kier molecular flexibility index (Phi) is 5.17. The highest BCUT2D eigenvalue weighted by atomic mass is 32.1. The Morgan fingerprint density at radius 3 is 2.56 bits per heavy atom. The smallest absolute Gasteiger partial charge is 0.269 e. The van der Waals surface area contributed by atoms with Crippen LogP contribution in [0.25, 0.3) is 10.1 Å². The van der Waals surface area contributed by atoms with E-state index >= 15 is 0 Å². The first kappa shape index (κ1) is 17.7. The Bertz CT molecular complexity index is 920. The van der Waals surface area contributed by atoms with Crippen LogP contribution in [-0.2, 0) is 0 Å². The summed E-state index contributed by atoms with van der Waals surface area (Å²) in [5.74, 6) is 1.76. The summed E-state index contributed by atoms with van der Waals surface area (Å²) in [7, 11) is 0. The van der Waals surface area contributed by atoms with E-state index in [1.54, 1.807) is 23.7 Å². The van der Waals surface area contributed by atoms with Crippen LogP contribution in [0.5, 0.6) is 5.75 Å². The van der Waals surface area contributed by atoms with Crippen LogP contribution in [0.15, 0.2) is 48.5 Å². The fraction of sp³-hybridized carbons (Fsp3) is 0.316. The topological polar surface area (TPSA) is 71.7 Å². The van der Waals surface area contributed by atoms with E-state index in [-0.39, 0.29) is 5.69 Å². The molecule has 8 heteroatoms. The van der Waals surface area contributed by atoms with Crippen molar-refractivity contribution in [2.24, 2.45) is 0 Å². The van der Waals surface area contributed by atoms with Crippen molar-refractivity contribution in [3.05, 3.63) is 58.6 Å². The Morgan fingerprint density at radius 2 is 1.81 bits per heavy atom. The van der Waals surface area contributed by atoms with E-state index in [0.717, 1.165) is 38.5 Å². The van der Waals surface area contributed by atoms with Gasteiger partial charge >= 0.3 is 0 Å². The largest absolute Gasteiger partial charge is 0.492 e. The molecule has 140 valence electrons. The second kappa shape index (κ2) is 7.89. The number of ether oxygens (including phenoxy) is 1. The second-order valence-electron chi connectivity index (χ2n) is 6.43. The molecular weight excluding hydrogens is 364 g/mol. The molecule has 0 unspecified atom stereocenters. The summed E-state index contributed by atoms with van der Waals surface area (Å²) >= 11 is 1.56. The number of piperazine rings is 1. The quantitative estimate of drug-likeness (QED) is 0.479. The van der Waals surface area contributed by atoms with E-state index < -0.39 is 4.92 Å². The first-order valence-electron chi connectivity index (χ1n) is 8.90. The highest BCUT2D eigenvalue weighted by Crippen LogP contribution is 2.29. The van der Waals surface area contributed by atoms with Crippen LogP contribution in [0, 0.1) is 10.1 Å². The molecule has 0 atom stereocenters. The molecule has 0 bridgehead atoms. The number of hydrogen-bond donors (Lipinski definition) is 0. The number of hydrogen-bond acceptors (Lipinski definition) is 7. The molecule has 27 heavy (non-hydrogen) atoms. The minimum Gasteiger partial charge on any atom is -0.492 e. The zero-order valence-electron chi connectivity index (χ0n) is 14.8. The number of benzene rings is 2. The Labute approximate surface area is 161 Å². The summed E-state index contributed by atoms with van der Waals surface area (Å²) in [4.78, 5) is 15.0. The molecule has 0 spiro atoms. The van der Waals surface area contributed by atoms with Gasteiger partial charge in [-0.3, -0.25) is 15.0 Å². The summed E-state index contributed by atoms with van der Waals surface area (Å²) in [6, 6.07) is 14.6. The standard InChI is InChI=1S/C19H20N4O3S/c24-23(25)15-5-7-16(8-6-15)26-14-13-21-9-11-22(12-10-21)19-17-3-1-2-4-18(17)27-20-19/h1-8H,9-14H2. The Morgan fingerprint density at radius 1 is 1.07 bits per heavy atom. The number of nitrogens with zero attached hydrogens (tertiary/aromatic N) is 4. The van der Waals surface area contributed by atoms with Crippen LogP contribution in [-0.4, -0.2) is 53.5 Å². The van der Waals surface area contributed by atoms with E-state index in [0.29, 0.717) is 12.4 Å². The van der Waals surface area contributed by atoms with Crippen LogP contribution in [0.4, 0.5) is 11.5 Å². The van der Waals surface area contributed by atoms with E-state index in [1.807, 2.05) is 6.07 Å². The highest BCUT2D eigenvalue weighted by Gasteiger charge is 2.20. The van der Waals surface area contributed by atoms with Crippen LogP contribution < -0.4 is 9.64 Å². The molecule has 2 aromatic carbocycles. The molecule has 3 aromatic rings. The summed E-state index contributed by atoms with van der Waals surface area (Å²) in [6.07, 6.45) is 0. The molecule has 0 radical (unpaired) electrons. The van der Waals surface area contributed by atoms with Crippen molar-refractivity contribution in [2.45, 2.75) is 0 Å². The van der Waals surface area contributed by atoms with Crippen molar-refractivity contribution in [3.8, 4) is 5.75 Å². The molecule has 0 saturated carbocycles. The highest BCUT2D eigenvalue weighted by molar-refractivity contribution is 7.13. The van der Waals surface area contributed by atoms with Gasteiger partial charge in [-0.15, -0.1) is 0 Å². The number of anilines is 1. The van der Waals surface area contributed by atoms with E-state index in [2.05, 4.69) is 32.4 Å². The summed E-state index contributed by atoms with van der Waals surface area (Å²) in [5, 5.41) is 11.9. The average molecular weight is 384 g/mol. The third-order valence-electron chi connectivity index (χ3n) is 4.75. The van der Waals surface area contributed by atoms with Crippen molar-refractivity contribution in [1.82, 2.24) is 9.27 Å². The molecule has 0 amide bonds. The summed E-state index contributed by atoms with van der Waals surface area (Å²) in [5.41, 5.74) is 0.0769. The zero-order valence-corrected chi connectivity index (χ0v) is 15.6. The Hall–Kier alpha value is -2.71. The number of fused-ring (bicyclic) bond motifs is 1. The van der Waals surface area contributed by atoms with Gasteiger partial charge in [0.05, 0.1) is 9.62 Å². The Balaban J connectivity index is 1.25. The van der Waals surface area contributed by atoms with Gasteiger partial charge in [0, 0.05) is 50.2 Å². The lowest BCUT2D eigenvalue weighted by molar-refractivity contribution is -0.384. The number of nitro groups is 1. The van der Waals surface area contributed by atoms with Crippen LogP contribution in [0.2, 0.25) is 0 Å².